The second-order valence-electron chi connectivity index (χ2n) is 5.34. The molecule has 26 heavy (non-hydrogen) atoms. The molecule has 0 fully saturated rings. The van der Waals surface area contributed by atoms with Crippen LogP contribution in [-0.4, -0.2) is 29.1 Å². The molecule has 132 valence electrons. The van der Waals surface area contributed by atoms with Crippen LogP contribution in [0.4, 0.5) is 11.5 Å². The number of methoxy groups -OCH3 is 1. The van der Waals surface area contributed by atoms with Gasteiger partial charge in [0.25, 0.3) is 11.8 Å². The van der Waals surface area contributed by atoms with Crippen LogP contribution in [-0.2, 0) is 0 Å². The number of anilines is 2. The highest BCUT2D eigenvalue weighted by Gasteiger charge is 2.15. The Labute approximate surface area is 149 Å². The van der Waals surface area contributed by atoms with E-state index in [1.165, 1.54) is 19.2 Å². The van der Waals surface area contributed by atoms with Crippen LogP contribution in [0.5, 0.6) is 5.75 Å². The first-order valence-corrected chi connectivity index (χ1v) is 7.73. The van der Waals surface area contributed by atoms with Crippen molar-refractivity contribution in [1.82, 2.24) is 10.1 Å². The van der Waals surface area contributed by atoms with Gasteiger partial charge in [0.1, 0.15) is 22.9 Å². The molecule has 2 N–H and O–H groups in total. The van der Waals surface area contributed by atoms with Crippen LogP contribution in [0.2, 0.25) is 0 Å². The lowest BCUT2D eigenvalue weighted by molar-refractivity contribution is 0.101. The molecule has 0 aliphatic heterocycles. The van der Waals surface area contributed by atoms with Crippen molar-refractivity contribution >= 4 is 23.3 Å². The van der Waals surface area contributed by atoms with E-state index in [9.17, 15) is 9.59 Å². The molecule has 0 spiro atoms. The first kappa shape index (κ1) is 17.2. The number of aryl methyl sites for hydroxylation is 1. The summed E-state index contributed by atoms with van der Waals surface area (Å²) in [5.74, 6) is 0.416. The molecule has 0 aliphatic rings. The lowest BCUT2D eigenvalue weighted by atomic mass is 10.2. The maximum absolute atomic E-state index is 12.4. The van der Waals surface area contributed by atoms with Gasteiger partial charge in [-0.2, -0.15) is 0 Å². The maximum atomic E-state index is 12.4. The zero-order valence-electron chi connectivity index (χ0n) is 14.1. The first-order chi connectivity index (χ1) is 12.6. The molecular formula is C18H16N4O4. The van der Waals surface area contributed by atoms with E-state index in [-0.39, 0.29) is 17.2 Å². The molecule has 3 rings (SSSR count). The molecule has 3 aromatic rings. The fraction of sp³-hybridized carbons (Fsp3) is 0.111. The first-order valence-electron chi connectivity index (χ1n) is 7.73. The summed E-state index contributed by atoms with van der Waals surface area (Å²) < 4.78 is 10.1. The molecule has 0 bridgehead atoms. The van der Waals surface area contributed by atoms with Crippen LogP contribution in [0.25, 0.3) is 0 Å². The van der Waals surface area contributed by atoms with E-state index < -0.39 is 11.8 Å². The Bertz CT molecular complexity index is 952. The SMILES string of the molecule is COc1ccccc1NC(=O)c1cccc(C(=O)Nc2cc(C)on2)n1. The summed E-state index contributed by atoms with van der Waals surface area (Å²) in [6.07, 6.45) is 0. The Kier molecular flexibility index (Phi) is 4.93. The minimum atomic E-state index is -0.495. The minimum absolute atomic E-state index is 0.0818. The van der Waals surface area contributed by atoms with E-state index in [1.54, 1.807) is 43.3 Å². The van der Waals surface area contributed by atoms with E-state index in [4.69, 9.17) is 9.26 Å². The molecule has 2 heterocycles. The van der Waals surface area contributed by atoms with Gasteiger partial charge < -0.3 is 19.9 Å². The van der Waals surface area contributed by atoms with Gasteiger partial charge in [-0.05, 0) is 31.2 Å². The van der Waals surface area contributed by atoms with Gasteiger partial charge in [0.15, 0.2) is 5.82 Å². The topological polar surface area (TPSA) is 106 Å². The van der Waals surface area contributed by atoms with Crippen molar-refractivity contribution in [2.24, 2.45) is 0 Å². The van der Waals surface area contributed by atoms with Crippen molar-refractivity contribution in [3.05, 3.63) is 65.7 Å². The average molecular weight is 352 g/mol. The Morgan fingerprint density at radius 2 is 1.69 bits per heavy atom. The molecule has 0 saturated carbocycles. The monoisotopic (exact) mass is 352 g/mol. The molecule has 2 amide bonds. The highest BCUT2D eigenvalue weighted by molar-refractivity contribution is 6.06. The van der Waals surface area contributed by atoms with Gasteiger partial charge in [-0.15, -0.1) is 0 Å². The fourth-order valence-corrected chi connectivity index (χ4v) is 2.23. The van der Waals surface area contributed by atoms with Crippen LogP contribution in [0.1, 0.15) is 26.7 Å². The molecule has 0 radical (unpaired) electrons. The van der Waals surface area contributed by atoms with Crippen molar-refractivity contribution < 1.29 is 18.8 Å². The highest BCUT2D eigenvalue weighted by Crippen LogP contribution is 2.23. The van der Waals surface area contributed by atoms with Crippen molar-refractivity contribution in [3.63, 3.8) is 0 Å². The molecule has 8 nitrogen and oxygen atoms in total. The van der Waals surface area contributed by atoms with Crippen molar-refractivity contribution in [2.45, 2.75) is 6.92 Å². The van der Waals surface area contributed by atoms with Gasteiger partial charge in [-0.25, -0.2) is 4.98 Å². The summed E-state index contributed by atoms with van der Waals surface area (Å²) in [7, 11) is 1.51. The minimum Gasteiger partial charge on any atom is -0.495 e. The Hall–Kier alpha value is -3.68. The van der Waals surface area contributed by atoms with Gasteiger partial charge in [0, 0.05) is 6.07 Å². The number of ether oxygens (including phenoxy) is 1. The zero-order valence-corrected chi connectivity index (χ0v) is 14.1. The number of aromatic nitrogens is 2. The van der Waals surface area contributed by atoms with Crippen LogP contribution in [0.15, 0.2) is 53.1 Å². The third-order valence-electron chi connectivity index (χ3n) is 3.44. The average Bonchev–Trinajstić information content (AvgIpc) is 3.07. The third kappa shape index (κ3) is 3.86. The smallest absolute Gasteiger partial charge is 0.275 e. The van der Waals surface area contributed by atoms with Gasteiger partial charge in [-0.1, -0.05) is 23.4 Å². The summed E-state index contributed by atoms with van der Waals surface area (Å²) in [5.41, 5.74) is 0.688. The van der Waals surface area contributed by atoms with Crippen LogP contribution >= 0.6 is 0 Å². The number of hydrogen-bond donors (Lipinski definition) is 2. The molecule has 8 heteroatoms. The predicted molar refractivity (Wildman–Crippen MR) is 94.4 cm³/mol. The number of para-hydroxylation sites is 2. The molecule has 0 saturated heterocycles. The van der Waals surface area contributed by atoms with Crippen molar-refractivity contribution in [1.29, 1.82) is 0 Å². The van der Waals surface area contributed by atoms with Gasteiger partial charge in [-0.3, -0.25) is 9.59 Å². The van der Waals surface area contributed by atoms with Crippen molar-refractivity contribution in [2.75, 3.05) is 17.7 Å². The number of benzene rings is 1. The number of carbonyl (C=O) groups is 2. The molecule has 0 unspecified atom stereocenters. The predicted octanol–water partition coefficient (Wildman–Crippen LogP) is 2.89. The van der Waals surface area contributed by atoms with Crippen LogP contribution < -0.4 is 15.4 Å². The Morgan fingerprint density at radius 1 is 1.00 bits per heavy atom. The standard InChI is InChI=1S/C18H16N4O4/c1-11-10-16(22-26-11)21-18(24)14-8-5-7-13(19-14)17(23)20-12-6-3-4-9-15(12)25-2/h3-10H,1-2H3,(H,20,23)(H,21,22,24). The summed E-state index contributed by atoms with van der Waals surface area (Å²) in [5, 5.41) is 8.95. The normalized spacial score (nSPS) is 10.2. The summed E-state index contributed by atoms with van der Waals surface area (Å²) in [6.45, 7) is 1.71. The molecule has 0 aliphatic carbocycles. The lowest BCUT2D eigenvalue weighted by Gasteiger charge is -2.09. The van der Waals surface area contributed by atoms with Crippen LogP contribution in [0, 0.1) is 6.92 Å². The fourth-order valence-electron chi connectivity index (χ4n) is 2.23. The van der Waals surface area contributed by atoms with E-state index in [2.05, 4.69) is 20.8 Å². The zero-order chi connectivity index (χ0) is 18.5. The van der Waals surface area contributed by atoms with Gasteiger partial charge in [0.05, 0.1) is 12.8 Å². The lowest BCUT2D eigenvalue weighted by Crippen LogP contribution is -2.18. The number of pyridine rings is 1. The van der Waals surface area contributed by atoms with E-state index in [0.717, 1.165) is 0 Å². The quantitative estimate of drug-likeness (QED) is 0.731. The Morgan fingerprint density at radius 3 is 2.35 bits per heavy atom. The molecule has 1 aromatic carbocycles. The number of amides is 2. The third-order valence-corrected chi connectivity index (χ3v) is 3.44. The maximum Gasteiger partial charge on any atom is 0.275 e. The second kappa shape index (κ2) is 7.47. The van der Waals surface area contributed by atoms with E-state index in [1.807, 2.05) is 0 Å². The molecular weight excluding hydrogens is 336 g/mol. The number of nitrogens with zero attached hydrogens (tertiary/aromatic N) is 2. The highest BCUT2D eigenvalue weighted by atomic mass is 16.5. The van der Waals surface area contributed by atoms with Crippen molar-refractivity contribution in [3.8, 4) is 5.75 Å². The van der Waals surface area contributed by atoms with E-state index >= 15 is 0 Å². The summed E-state index contributed by atoms with van der Waals surface area (Å²) in [4.78, 5) is 28.8. The Balaban J connectivity index is 1.75. The number of hydrogen-bond acceptors (Lipinski definition) is 6. The molecule has 0 atom stereocenters. The second-order valence-corrected chi connectivity index (χ2v) is 5.34. The summed E-state index contributed by atoms with van der Waals surface area (Å²) in [6, 6.07) is 13.2. The van der Waals surface area contributed by atoms with Gasteiger partial charge in [0.2, 0.25) is 0 Å². The van der Waals surface area contributed by atoms with Crippen LogP contribution in [0.3, 0.4) is 0 Å². The summed E-state index contributed by atoms with van der Waals surface area (Å²) >= 11 is 0. The largest absolute Gasteiger partial charge is 0.495 e. The number of nitrogens with one attached hydrogen (secondary N) is 2. The van der Waals surface area contributed by atoms with Gasteiger partial charge >= 0.3 is 0 Å². The molecule has 2 aromatic heterocycles. The number of carbonyl (C=O) groups excluding carboxylic acids is 2. The van der Waals surface area contributed by atoms with E-state index in [0.29, 0.717) is 17.2 Å². The number of rotatable bonds is 5.